The van der Waals surface area contributed by atoms with E-state index >= 15 is 4.39 Å². The van der Waals surface area contributed by atoms with Gasteiger partial charge in [0.05, 0.1) is 17.5 Å². The molecule has 0 radical (unpaired) electrons. The van der Waals surface area contributed by atoms with Crippen molar-refractivity contribution in [2.24, 2.45) is 13.0 Å². The van der Waals surface area contributed by atoms with E-state index in [0.29, 0.717) is 41.1 Å². The molecule has 1 unspecified atom stereocenters. The minimum Gasteiger partial charge on any atom is -0.396 e. The zero-order valence-electron chi connectivity index (χ0n) is 19.2. The number of rotatable bonds is 4. The summed E-state index contributed by atoms with van der Waals surface area (Å²) in [5.41, 5.74) is 2.42. The molecule has 5 rings (SSSR count). The number of piperidine rings is 1. The van der Waals surface area contributed by atoms with Crippen LogP contribution in [0.1, 0.15) is 30.7 Å². The van der Waals surface area contributed by atoms with Crippen molar-refractivity contribution in [3.63, 3.8) is 0 Å². The summed E-state index contributed by atoms with van der Waals surface area (Å²) in [6.45, 7) is 3.40. The van der Waals surface area contributed by atoms with Gasteiger partial charge >= 0.3 is 0 Å². The molecule has 0 aliphatic carbocycles. The second-order valence-corrected chi connectivity index (χ2v) is 9.48. The summed E-state index contributed by atoms with van der Waals surface area (Å²) in [4.78, 5) is 26.6. The fourth-order valence-corrected chi connectivity index (χ4v) is 5.09. The van der Waals surface area contributed by atoms with E-state index in [1.807, 2.05) is 17.0 Å². The Kier molecular flexibility index (Phi) is 5.88. The molecule has 1 aromatic carbocycles. The first-order valence-electron chi connectivity index (χ1n) is 11.6. The van der Waals surface area contributed by atoms with Crippen molar-refractivity contribution < 1.29 is 9.50 Å². The minimum absolute atomic E-state index is 0.105. The maximum Gasteiger partial charge on any atom is 0.264 e. The van der Waals surface area contributed by atoms with E-state index in [-0.39, 0.29) is 29.8 Å². The Morgan fingerprint density at radius 2 is 1.91 bits per heavy atom. The summed E-state index contributed by atoms with van der Waals surface area (Å²) in [5, 5.41) is 10.0. The molecule has 2 saturated heterocycles. The quantitative estimate of drug-likeness (QED) is 0.658. The predicted molar refractivity (Wildman–Crippen MR) is 127 cm³/mol. The topological polar surface area (TPSA) is 74.5 Å². The first-order valence-corrected chi connectivity index (χ1v) is 11.6. The van der Waals surface area contributed by atoms with Gasteiger partial charge in [-0.1, -0.05) is 12.1 Å². The summed E-state index contributed by atoms with van der Waals surface area (Å²) in [5.74, 6) is 0.744. The Bertz CT molecular complexity index is 1240. The number of anilines is 1. The molecule has 2 aliphatic heterocycles. The third-order valence-corrected chi connectivity index (χ3v) is 7.18. The summed E-state index contributed by atoms with van der Waals surface area (Å²) in [6.07, 6.45) is 4.26. The van der Waals surface area contributed by atoms with Crippen molar-refractivity contribution in [2.75, 3.05) is 44.7 Å². The molecule has 2 aliphatic rings. The Hall–Kier alpha value is -2.84. The standard InChI is InChI=1S/C25H30FN5O2/c1-29-8-6-17(7-9-29)19-4-3-18(11-20(19)26)21-12-22-23(25(33)30(2)15-27-22)24(28-21)31-10-5-16(13-31)14-32/h3-4,11-12,15-17,32H,5-10,13-14H2,1-2H3. The van der Waals surface area contributed by atoms with Gasteiger partial charge in [-0.3, -0.25) is 4.79 Å². The van der Waals surface area contributed by atoms with Crippen LogP contribution >= 0.6 is 0 Å². The van der Waals surface area contributed by atoms with E-state index < -0.39 is 0 Å². The second kappa shape index (κ2) is 8.83. The molecular weight excluding hydrogens is 421 g/mol. The molecule has 33 heavy (non-hydrogen) atoms. The van der Waals surface area contributed by atoms with Gasteiger partial charge in [0, 0.05) is 38.2 Å². The monoisotopic (exact) mass is 451 g/mol. The van der Waals surface area contributed by atoms with Crippen molar-refractivity contribution >= 4 is 16.7 Å². The predicted octanol–water partition coefficient (Wildman–Crippen LogP) is 2.76. The lowest BCUT2D eigenvalue weighted by molar-refractivity contribution is 0.238. The number of hydrogen-bond acceptors (Lipinski definition) is 6. The van der Waals surface area contributed by atoms with Crippen LogP contribution in [0.2, 0.25) is 0 Å². The summed E-state index contributed by atoms with van der Waals surface area (Å²) in [6, 6.07) is 7.15. The van der Waals surface area contributed by atoms with E-state index in [9.17, 15) is 9.90 Å². The first kappa shape index (κ1) is 22.0. The number of aryl methyl sites for hydroxylation is 1. The number of aromatic nitrogens is 3. The number of pyridine rings is 1. The fraction of sp³-hybridized carbons (Fsp3) is 0.480. The number of nitrogens with zero attached hydrogens (tertiary/aromatic N) is 5. The molecule has 3 aromatic rings. The van der Waals surface area contributed by atoms with Gasteiger partial charge < -0.3 is 19.5 Å². The van der Waals surface area contributed by atoms with Crippen LogP contribution in [0.15, 0.2) is 35.4 Å². The van der Waals surface area contributed by atoms with Crippen molar-refractivity contribution in [1.82, 2.24) is 19.4 Å². The van der Waals surface area contributed by atoms with Gasteiger partial charge in [-0.2, -0.15) is 0 Å². The van der Waals surface area contributed by atoms with E-state index in [2.05, 4.69) is 16.9 Å². The lowest BCUT2D eigenvalue weighted by Crippen LogP contribution is -2.29. The zero-order valence-corrected chi connectivity index (χ0v) is 19.2. The molecule has 4 heterocycles. The highest BCUT2D eigenvalue weighted by molar-refractivity contribution is 5.92. The molecule has 2 aromatic heterocycles. The lowest BCUT2D eigenvalue weighted by atomic mass is 9.88. The van der Waals surface area contributed by atoms with E-state index in [1.54, 1.807) is 19.2 Å². The van der Waals surface area contributed by atoms with Gasteiger partial charge in [-0.05, 0) is 63.0 Å². The normalized spacial score (nSPS) is 20.1. The summed E-state index contributed by atoms with van der Waals surface area (Å²) < 4.78 is 16.6. The van der Waals surface area contributed by atoms with Crippen LogP contribution in [0.5, 0.6) is 0 Å². The molecule has 174 valence electrons. The Balaban J connectivity index is 1.57. The molecule has 8 heteroatoms. The van der Waals surface area contributed by atoms with Crippen LogP contribution in [0.4, 0.5) is 10.2 Å². The van der Waals surface area contributed by atoms with Crippen molar-refractivity contribution in [1.29, 1.82) is 0 Å². The summed E-state index contributed by atoms with van der Waals surface area (Å²) >= 11 is 0. The average molecular weight is 452 g/mol. The molecule has 1 atom stereocenters. The number of fused-ring (bicyclic) bond motifs is 1. The fourth-order valence-electron chi connectivity index (χ4n) is 5.09. The highest BCUT2D eigenvalue weighted by Gasteiger charge is 2.27. The van der Waals surface area contributed by atoms with Crippen LogP contribution in [-0.4, -0.2) is 64.4 Å². The number of aliphatic hydroxyl groups is 1. The molecule has 2 fully saturated rings. The minimum atomic E-state index is -0.205. The maximum atomic E-state index is 15.2. The van der Waals surface area contributed by atoms with Crippen molar-refractivity contribution in [3.05, 3.63) is 52.3 Å². The second-order valence-electron chi connectivity index (χ2n) is 9.48. The Labute approximate surface area is 192 Å². The number of benzene rings is 1. The van der Waals surface area contributed by atoms with Gasteiger partial charge in [0.2, 0.25) is 0 Å². The number of hydrogen-bond donors (Lipinski definition) is 1. The maximum absolute atomic E-state index is 15.2. The Morgan fingerprint density at radius 3 is 2.61 bits per heavy atom. The SMILES string of the molecule is CN1CCC(c2ccc(-c3cc4ncn(C)c(=O)c4c(N4CCC(CO)C4)n3)cc2F)CC1. The number of likely N-dealkylation sites (tertiary alicyclic amines) is 1. The van der Waals surface area contributed by atoms with Crippen LogP contribution in [0.25, 0.3) is 22.2 Å². The molecule has 0 bridgehead atoms. The van der Waals surface area contributed by atoms with Gasteiger partial charge in [-0.25, -0.2) is 14.4 Å². The third-order valence-electron chi connectivity index (χ3n) is 7.18. The third kappa shape index (κ3) is 4.13. The van der Waals surface area contributed by atoms with Crippen LogP contribution in [0, 0.1) is 11.7 Å². The van der Waals surface area contributed by atoms with E-state index in [1.165, 1.54) is 10.9 Å². The van der Waals surface area contributed by atoms with E-state index in [0.717, 1.165) is 37.9 Å². The highest BCUT2D eigenvalue weighted by Crippen LogP contribution is 2.34. The number of halogens is 1. The molecule has 0 spiro atoms. The van der Waals surface area contributed by atoms with Crippen LogP contribution < -0.4 is 10.5 Å². The average Bonchev–Trinajstić information content (AvgIpc) is 3.31. The highest BCUT2D eigenvalue weighted by atomic mass is 19.1. The van der Waals surface area contributed by atoms with Gasteiger partial charge in [0.25, 0.3) is 5.56 Å². The van der Waals surface area contributed by atoms with Gasteiger partial charge in [0.15, 0.2) is 0 Å². The zero-order chi connectivity index (χ0) is 23.1. The molecular formula is C25H30FN5O2. The molecule has 7 nitrogen and oxygen atoms in total. The van der Waals surface area contributed by atoms with Gasteiger partial charge in [0.1, 0.15) is 17.0 Å². The van der Waals surface area contributed by atoms with Gasteiger partial charge in [-0.15, -0.1) is 0 Å². The van der Waals surface area contributed by atoms with Crippen LogP contribution in [0.3, 0.4) is 0 Å². The smallest absolute Gasteiger partial charge is 0.264 e. The first-order chi connectivity index (χ1) is 15.9. The van der Waals surface area contributed by atoms with E-state index in [4.69, 9.17) is 4.98 Å². The Morgan fingerprint density at radius 1 is 1.12 bits per heavy atom. The summed E-state index contributed by atoms with van der Waals surface area (Å²) in [7, 11) is 3.77. The lowest BCUT2D eigenvalue weighted by Gasteiger charge is -2.29. The largest absolute Gasteiger partial charge is 0.396 e. The molecule has 1 N–H and O–H groups in total. The van der Waals surface area contributed by atoms with Crippen molar-refractivity contribution in [2.45, 2.75) is 25.2 Å². The van der Waals surface area contributed by atoms with Crippen LogP contribution in [-0.2, 0) is 7.05 Å². The molecule has 0 amide bonds. The van der Waals surface area contributed by atoms with Crippen molar-refractivity contribution in [3.8, 4) is 11.3 Å². The number of aliphatic hydroxyl groups excluding tert-OH is 1. The molecule has 0 saturated carbocycles.